The van der Waals surface area contributed by atoms with Crippen molar-refractivity contribution in [1.82, 2.24) is 15.1 Å². The Balaban J connectivity index is 2.37. The van der Waals surface area contributed by atoms with Crippen LogP contribution in [0.3, 0.4) is 0 Å². The summed E-state index contributed by atoms with van der Waals surface area (Å²) in [6, 6.07) is 0. The van der Waals surface area contributed by atoms with E-state index in [1.807, 2.05) is 0 Å². The van der Waals surface area contributed by atoms with Gasteiger partial charge in [0, 0.05) is 13.2 Å². The fraction of sp³-hybridized carbons (Fsp3) is 0.556. The minimum Gasteiger partial charge on any atom is -0.350 e. The van der Waals surface area contributed by atoms with Gasteiger partial charge in [0.2, 0.25) is 5.91 Å². The molecule has 0 aliphatic heterocycles. The molecule has 0 saturated carbocycles. The largest absolute Gasteiger partial charge is 0.350 e. The van der Waals surface area contributed by atoms with Gasteiger partial charge in [-0.05, 0) is 5.56 Å². The van der Waals surface area contributed by atoms with E-state index in [1.54, 1.807) is 13.2 Å². The molecule has 0 aliphatic rings. The Morgan fingerprint density at radius 2 is 2.38 bits per heavy atom. The highest BCUT2D eigenvalue weighted by Crippen LogP contribution is 2.08. The van der Waals surface area contributed by atoms with Crippen LogP contribution < -0.4 is 11.1 Å². The van der Waals surface area contributed by atoms with Crippen LogP contribution in [0.5, 0.6) is 0 Å². The summed E-state index contributed by atoms with van der Waals surface area (Å²) in [5.74, 6) is -3.52. The molecule has 90 valence electrons. The van der Waals surface area contributed by atoms with Crippen molar-refractivity contribution in [3.63, 3.8) is 0 Å². The summed E-state index contributed by atoms with van der Waals surface area (Å²) in [5.41, 5.74) is 5.51. The lowest BCUT2D eigenvalue weighted by molar-refractivity contribution is -0.122. The van der Waals surface area contributed by atoms with E-state index in [4.69, 9.17) is 5.73 Å². The molecule has 7 heteroatoms. The van der Waals surface area contributed by atoms with Crippen LogP contribution >= 0.6 is 0 Å². The third kappa shape index (κ3) is 3.93. The second-order valence-corrected chi connectivity index (χ2v) is 3.54. The van der Waals surface area contributed by atoms with Crippen molar-refractivity contribution in [3.8, 4) is 0 Å². The molecule has 5 nitrogen and oxygen atoms in total. The summed E-state index contributed by atoms with van der Waals surface area (Å²) in [4.78, 5) is 11.3. The highest BCUT2D eigenvalue weighted by atomic mass is 19.3. The van der Waals surface area contributed by atoms with Gasteiger partial charge in [0.05, 0.1) is 25.7 Å². The standard InChI is InChI=1S/C9H14F2N4O/c1-15-4-7(3-14-15)2-8(16)13-6-9(10,11)5-12/h3-4H,2,5-6,12H2,1H3,(H,13,16). The fourth-order valence-corrected chi connectivity index (χ4v) is 1.11. The number of nitrogens with two attached hydrogens (primary N) is 1. The van der Waals surface area contributed by atoms with Gasteiger partial charge >= 0.3 is 0 Å². The third-order valence-electron chi connectivity index (χ3n) is 1.97. The number of alkyl halides is 2. The maximum Gasteiger partial charge on any atom is 0.277 e. The molecule has 0 fully saturated rings. The molecule has 3 N–H and O–H groups in total. The van der Waals surface area contributed by atoms with Gasteiger partial charge in [-0.1, -0.05) is 0 Å². The number of hydrogen-bond acceptors (Lipinski definition) is 3. The quantitative estimate of drug-likeness (QED) is 0.730. The number of halogens is 2. The van der Waals surface area contributed by atoms with Crippen molar-refractivity contribution >= 4 is 5.91 Å². The number of carbonyl (C=O) groups is 1. The smallest absolute Gasteiger partial charge is 0.277 e. The Labute approximate surface area is 91.6 Å². The molecule has 0 saturated heterocycles. The molecule has 1 amide bonds. The first kappa shape index (κ1) is 12.6. The van der Waals surface area contributed by atoms with Crippen LogP contribution in [0, 0.1) is 0 Å². The van der Waals surface area contributed by atoms with Crippen molar-refractivity contribution in [3.05, 3.63) is 18.0 Å². The van der Waals surface area contributed by atoms with E-state index in [0.717, 1.165) is 0 Å². The lowest BCUT2D eigenvalue weighted by Crippen LogP contribution is -2.41. The normalized spacial score (nSPS) is 11.5. The van der Waals surface area contributed by atoms with E-state index < -0.39 is 24.9 Å². The van der Waals surface area contributed by atoms with E-state index >= 15 is 0 Å². The van der Waals surface area contributed by atoms with Crippen LogP contribution in [-0.2, 0) is 18.3 Å². The summed E-state index contributed by atoms with van der Waals surface area (Å²) in [6.45, 7) is -1.51. The first-order valence-electron chi connectivity index (χ1n) is 4.75. The average molecular weight is 232 g/mol. The summed E-state index contributed by atoms with van der Waals surface area (Å²) in [7, 11) is 1.71. The van der Waals surface area contributed by atoms with Crippen molar-refractivity contribution in [2.45, 2.75) is 12.3 Å². The molecule has 1 heterocycles. The first-order chi connectivity index (χ1) is 7.43. The van der Waals surface area contributed by atoms with Gasteiger partial charge in [-0.15, -0.1) is 0 Å². The number of aryl methyl sites for hydroxylation is 1. The predicted octanol–water partition coefficient (Wildman–Crippen LogP) is -0.327. The van der Waals surface area contributed by atoms with Crippen LogP contribution in [0.15, 0.2) is 12.4 Å². The molecule has 0 radical (unpaired) electrons. The van der Waals surface area contributed by atoms with Gasteiger partial charge < -0.3 is 11.1 Å². The van der Waals surface area contributed by atoms with Crippen molar-refractivity contribution in [1.29, 1.82) is 0 Å². The Morgan fingerprint density at radius 1 is 1.69 bits per heavy atom. The number of nitrogens with one attached hydrogen (secondary N) is 1. The highest BCUT2D eigenvalue weighted by molar-refractivity contribution is 5.78. The van der Waals surface area contributed by atoms with Crippen molar-refractivity contribution in [2.24, 2.45) is 12.8 Å². The summed E-state index contributed by atoms with van der Waals surface area (Å²) >= 11 is 0. The van der Waals surface area contributed by atoms with Gasteiger partial charge in [0.25, 0.3) is 5.92 Å². The molecular formula is C9H14F2N4O. The van der Waals surface area contributed by atoms with E-state index in [0.29, 0.717) is 5.56 Å². The Hall–Kier alpha value is -1.50. The van der Waals surface area contributed by atoms with Gasteiger partial charge in [-0.25, -0.2) is 8.78 Å². The molecule has 0 bridgehead atoms. The topological polar surface area (TPSA) is 72.9 Å². The van der Waals surface area contributed by atoms with Gasteiger partial charge in [-0.2, -0.15) is 5.10 Å². The van der Waals surface area contributed by atoms with Gasteiger partial charge in [0.15, 0.2) is 0 Å². The molecule has 1 aromatic rings. The molecule has 0 spiro atoms. The van der Waals surface area contributed by atoms with Crippen LogP contribution in [0.2, 0.25) is 0 Å². The lowest BCUT2D eigenvalue weighted by Gasteiger charge is -2.14. The summed E-state index contributed by atoms with van der Waals surface area (Å²) in [5, 5.41) is 5.99. The minimum atomic E-state index is -3.05. The van der Waals surface area contributed by atoms with Gasteiger partial charge in [-0.3, -0.25) is 9.48 Å². The predicted molar refractivity (Wildman–Crippen MR) is 53.9 cm³/mol. The van der Waals surface area contributed by atoms with E-state index in [2.05, 4.69) is 10.4 Å². The fourth-order valence-electron chi connectivity index (χ4n) is 1.11. The van der Waals surface area contributed by atoms with Crippen molar-refractivity contribution in [2.75, 3.05) is 13.1 Å². The molecule has 0 aliphatic carbocycles. The Kier molecular flexibility index (Phi) is 3.94. The van der Waals surface area contributed by atoms with Crippen LogP contribution in [0.1, 0.15) is 5.56 Å². The minimum absolute atomic E-state index is 0.0362. The monoisotopic (exact) mass is 232 g/mol. The molecule has 0 aromatic carbocycles. The number of rotatable bonds is 5. The highest BCUT2D eigenvalue weighted by Gasteiger charge is 2.27. The average Bonchev–Trinajstić information content (AvgIpc) is 2.61. The third-order valence-corrected chi connectivity index (χ3v) is 1.97. The maximum absolute atomic E-state index is 12.7. The second kappa shape index (κ2) is 5.02. The zero-order valence-corrected chi connectivity index (χ0v) is 8.91. The van der Waals surface area contributed by atoms with E-state index in [-0.39, 0.29) is 6.42 Å². The first-order valence-corrected chi connectivity index (χ1v) is 4.75. The molecule has 0 atom stereocenters. The Morgan fingerprint density at radius 3 is 2.88 bits per heavy atom. The molecule has 0 unspecified atom stereocenters. The van der Waals surface area contributed by atoms with Crippen molar-refractivity contribution < 1.29 is 13.6 Å². The number of carbonyl (C=O) groups excluding carboxylic acids is 1. The van der Waals surface area contributed by atoms with Crippen LogP contribution in [-0.4, -0.2) is 34.7 Å². The zero-order valence-electron chi connectivity index (χ0n) is 8.91. The number of aromatic nitrogens is 2. The van der Waals surface area contributed by atoms with E-state index in [9.17, 15) is 13.6 Å². The maximum atomic E-state index is 12.7. The number of nitrogens with zero attached hydrogens (tertiary/aromatic N) is 2. The molecule has 16 heavy (non-hydrogen) atoms. The number of hydrogen-bond donors (Lipinski definition) is 2. The molecule has 1 rings (SSSR count). The van der Waals surface area contributed by atoms with Crippen LogP contribution in [0.4, 0.5) is 8.78 Å². The lowest BCUT2D eigenvalue weighted by atomic mass is 10.2. The van der Waals surface area contributed by atoms with Crippen LogP contribution in [0.25, 0.3) is 0 Å². The van der Waals surface area contributed by atoms with E-state index in [1.165, 1.54) is 10.9 Å². The number of amides is 1. The zero-order chi connectivity index (χ0) is 12.2. The molecule has 1 aromatic heterocycles. The molecular weight excluding hydrogens is 218 g/mol. The second-order valence-electron chi connectivity index (χ2n) is 3.54. The SMILES string of the molecule is Cn1cc(CC(=O)NCC(F)(F)CN)cn1. The summed E-state index contributed by atoms with van der Waals surface area (Å²) in [6.07, 6.45) is 3.20. The summed E-state index contributed by atoms with van der Waals surface area (Å²) < 4.78 is 26.9. The Bertz CT molecular complexity index is 364. The van der Waals surface area contributed by atoms with Gasteiger partial charge in [0.1, 0.15) is 0 Å².